The number of benzene rings is 1. The third kappa shape index (κ3) is 5.51. The zero-order valence-corrected chi connectivity index (χ0v) is 10.6. The summed E-state index contributed by atoms with van der Waals surface area (Å²) in [6.45, 7) is 2.57. The monoisotopic (exact) mass is 261 g/mol. The normalized spacial score (nSPS) is 13.6. The molecule has 0 spiro atoms. The number of hydrogen-bond donors (Lipinski definition) is 1. The van der Waals surface area contributed by atoms with Gasteiger partial charge in [-0.1, -0.05) is 37.6 Å². The second-order valence-electron chi connectivity index (χ2n) is 4.23. The lowest BCUT2D eigenvalue weighted by atomic mass is 10.0. The molecule has 1 aromatic carbocycles. The Morgan fingerprint density at radius 1 is 1.22 bits per heavy atom. The first-order valence-electron chi connectivity index (χ1n) is 5.95. The lowest BCUT2D eigenvalue weighted by Crippen LogP contribution is -2.26. The Bertz CT molecular complexity index is 348. The fraction of sp³-hybridized carbons (Fsp3) is 0.538. The van der Waals surface area contributed by atoms with E-state index in [4.69, 9.17) is 0 Å². The lowest BCUT2D eigenvalue weighted by molar-refractivity contribution is -0.192. The van der Waals surface area contributed by atoms with Crippen LogP contribution in [0.25, 0.3) is 0 Å². The number of nitrogens with one attached hydrogen (secondary N) is 1. The third-order valence-electron chi connectivity index (χ3n) is 2.51. The number of alkyl halides is 3. The van der Waals surface area contributed by atoms with Crippen molar-refractivity contribution < 1.29 is 18.0 Å². The van der Waals surface area contributed by atoms with Gasteiger partial charge in [0.1, 0.15) is 0 Å². The molecule has 0 aliphatic heterocycles. The van der Waals surface area contributed by atoms with Crippen molar-refractivity contribution in [3.63, 3.8) is 0 Å². The van der Waals surface area contributed by atoms with Crippen LogP contribution in [0.15, 0.2) is 24.3 Å². The van der Waals surface area contributed by atoms with Crippen LogP contribution in [-0.4, -0.2) is 12.8 Å². The molecule has 18 heavy (non-hydrogen) atoms. The van der Waals surface area contributed by atoms with Crippen molar-refractivity contribution in [3.8, 4) is 0 Å². The molecule has 1 aromatic rings. The van der Waals surface area contributed by atoms with E-state index in [0.29, 0.717) is 0 Å². The summed E-state index contributed by atoms with van der Waals surface area (Å²) in [7, 11) is 0. The SMILES string of the molecule is CCCc1ccc(C(C)NOCC(F)(F)F)cc1. The molecule has 0 heterocycles. The van der Waals surface area contributed by atoms with E-state index in [-0.39, 0.29) is 6.04 Å². The second-order valence-corrected chi connectivity index (χ2v) is 4.23. The number of aryl methyl sites for hydroxylation is 1. The minimum atomic E-state index is -4.31. The molecule has 2 nitrogen and oxygen atoms in total. The largest absolute Gasteiger partial charge is 0.413 e. The smallest absolute Gasteiger partial charge is 0.292 e. The van der Waals surface area contributed by atoms with E-state index in [1.165, 1.54) is 5.56 Å². The molecule has 0 saturated heterocycles. The van der Waals surface area contributed by atoms with Crippen molar-refractivity contribution in [1.82, 2.24) is 5.48 Å². The van der Waals surface area contributed by atoms with Crippen LogP contribution in [-0.2, 0) is 11.3 Å². The summed E-state index contributed by atoms with van der Waals surface area (Å²) in [6, 6.07) is 7.50. The van der Waals surface area contributed by atoms with Gasteiger partial charge in [0.05, 0.1) is 6.04 Å². The van der Waals surface area contributed by atoms with Crippen molar-refractivity contribution >= 4 is 0 Å². The van der Waals surface area contributed by atoms with Crippen LogP contribution in [0.2, 0.25) is 0 Å². The zero-order chi connectivity index (χ0) is 13.6. The summed E-state index contributed by atoms with van der Waals surface area (Å²) >= 11 is 0. The molecule has 1 N–H and O–H groups in total. The maximum Gasteiger partial charge on any atom is 0.413 e. The fourth-order valence-electron chi connectivity index (χ4n) is 1.58. The molecule has 0 aliphatic rings. The highest BCUT2D eigenvalue weighted by molar-refractivity contribution is 5.24. The summed E-state index contributed by atoms with van der Waals surface area (Å²) in [6.07, 6.45) is -2.23. The van der Waals surface area contributed by atoms with Crippen LogP contribution in [0, 0.1) is 0 Å². The summed E-state index contributed by atoms with van der Waals surface area (Å²) in [4.78, 5) is 4.42. The molecule has 102 valence electrons. The highest BCUT2D eigenvalue weighted by Gasteiger charge is 2.28. The summed E-state index contributed by atoms with van der Waals surface area (Å²) in [5.41, 5.74) is 4.51. The molecule has 0 amide bonds. The van der Waals surface area contributed by atoms with Crippen LogP contribution in [0.4, 0.5) is 13.2 Å². The van der Waals surface area contributed by atoms with Gasteiger partial charge < -0.3 is 0 Å². The van der Waals surface area contributed by atoms with E-state index in [1.807, 2.05) is 24.3 Å². The maximum absolute atomic E-state index is 11.9. The fourth-order valence-corrected chi connectivity index (χ4v) is 1.58. The van der Waals surface area contributed by atoms with Crippen LogP contribution in [0.5, 0.6) is 0 Å². The molecule has 0 radical (unpaired) electrons. The molecule has 0 saturated carbocycles. The molecule has 1 rings (SSSR count). The average Bonchev–Trinajstić information content (AvgIpc) is 2.28. The third-order valence-corrected chi connectivity index (χ3v) is 2.51. The van der Waals surface area contributed by atoms with Crippen molar-refractivity contribution in [1.29, 1.82) is 0 Å². The van der Waals surface area contributed by atoms with Gasteiger partial charge in [-0.25, -0.2) is 0 Å². The summed E-state index contributed by atoms with van der Waals surface area (Å²) < 4.78 is 35.6. The van der Waals surface area contributed by atoms with Gasteiger partial charge in [-0.3, -0.25) is 4.84 Å². The highest BCUT2D eigenvalue weighted by Crippen LogP contribution is 2.17. The molecular weight excluding hydrogens is 243 g/mol. The Morgan fingerprint density at radius 2 is 1.83 bits per heavy atom. The first-order chi connectivity index (χ1) is 8.42. The molecule has 0 fully saturated rings. The summed E-state index contributed by atoms with van der Waals surface area (Å²) in [5, 5.41) is 0. The topological polar surface area (TPSA) is 21.3 Å². The Morgan fingerprint density at radius 3 is 2.33 bits per heavy atom. The Hall–Kier alpha value is -1.07. The number of halogens is 3. The van der Waals surface area contributed by atoms with Gasteiger partial charge in [-0.05, 0) is 24.5 Å². The molecule has 0 aliphatic carbocycles. The standard InChI is InChI=1S/C13H18F3NO/c1-3-4-11-5-7-12(8-6-11)10(2)17-18-9-13(14,15)16/h5-8,10,17H,3-4,9H2,1-2H3. The molecule has 0 bridgehead atoms. The van der Waals surface area contributed by atoms with Crippen LogP contribution in [0.3, 0.4) is 0 Å². The number of rotatable bonds is 6. The lowest BCUT2D eigenvalue weighted by Gasteiger charge is -2.15. The first-order valence-corrected chi connectivity index (χ1v) is 5.95. The highest BCUT2D eigenvalue weighted by atomic mass is 19.4. The first kappa shape index (κ1) is 15.0. The van der Waals surface area contributed by atoms with Gasteiger partial charge in [0.15, 0.2) is 6.61 Å². The van der Waals surface area contributed by atoms with Crippen LogP contribution >= 0.6 is 0 Å². The molecule has 5 heteroatoms. The van der Waals surface area contributed by atoms with E-state index in [2.05, 4.69) is 17.2 Å². The van der Waals surface area contributed by atoms with Crippen molar-refractivity contribution in [3.05, 3.63) is 35.4 Å². The predicted octanol–water partition coefficient (Wildman–Crippen LogP) is 3.78. The van der Waals surface area contributed by atoms with Crippen molar-refractivity contribution in [2.45, 2.75) is 38.9 Å². The summed E-state index contributed by atoms with van der Waals surface area (Å²) in [5.74, 6) is 0. The molecule has 1 unspecified atom stereocenters. The van der Waals surface area contributed by atoms with Crippen molar-refractivity contribution in [2.75, 3.05) is 6.61 Å². The minimum Gasteiger partial charge on any atom is -0.292 e. The molecule has 0 aromatic heterocycles. The van der Waals surface area contributed by atoms with Gasteiger partial charge in [0.25, 0.3) is 0 Å². The number of hydroxylamine groups is 1. The second kappa shape index (κ2) is 6.75. The van der Waals surface area contributed by atoms with Gasteiger partial charge >= 0.3 is 6.18 Å². The Labute approximate surface area is 105 Å². The van der Waals surface area contributed by atoms with Gasteiger partial charge in [-0.15, -0.1) is 0 Å². The van der Waals surface area contributed by atoms with Gasteiger partial charge in [0.2, 0.25) is 0 Å². The van der Waals surface area contributed by atoms with Crippen LogP contribution < -0.4 is 5.48 Å². The van der Waals surface area contributed by atoms with E-state index in [1.54, 1.807) is 6.92 Å². The Balaban J connectivity index is 2.43. The maximum atomic E-state index is 11.9. The molecule has 1 atom stereocenters. The predicted molar refractivity (Wildman–Crippen MR) is 64.0 cm³/mol. The average molecular weight is 261 g/mol. The Kier molecular flexibility index (Phi) is 5.62. The van der Waals surface area contributed by atoms with E-state index in [0.717, 1.165) is 18.4 Å². The van der Waals surface area contributed by atoms with Crippen LogP contribution in [0.1, 0.15) is 37.4 Å². The van der Waals surface area contributed by atoms with E-state index in [9.17, 15) is 13.2 Å². The molecular formula is C13H18F3NO. The van der Waals surface area contributed by atoms with Gasteiger partial charge in [0, 0.05) is 0 Å². The van der Waals surface area contributed by atoms with Gasteiger partial charge in [-0.2, -0.15) is 18.7 Å². The van der Waals surface area contributed by atoms with Crippen molar-refractivity contribution in [2.24, 2.45) is 0 Å². The number of hydrogen-bond acceptors (Lipinski definition) is 2. The minimum absolute atomic E-state index is 0.275. The van der Waals surface area contributed by atoms with E-state index < -0.39 is 12.8 Å². The zero-order valence-electron chi connectivity index (χ0n) is 10.6. The quantitative estimate of drug-likeness (QED) is 0.787. The van der Waals surface area contributed by atoms with E-state index >= 15 is 0 Å².